The van der Waals surface area contributed by atoms with Crippen LogP contribution in [0.4, 0.5) is 5.69 Å². The summed E-state index contributed by atoms with van der Waals surface area (Å²) in [5.41, 5.74) is 7.53. The first-order chi connectivity index (χ1) is 9.70. The van der Waals surface area contributed by atoms with E-state index in [1.807, 2.05) is 12.1 Å². The molecule has 0 aliphatic carbocycles. The van der Waals surface area contributed by atoms with Gasteiger partial charge >= 0.3 is 0 Å². The molecule has 1 heterocycles. The van der Waals surface area contributed by atoms with E-state index in [1.54, 1.807) is 29.1 Å². The van der Waals surface area contributed by atoms with Crippen LogP contribution in [0.25, 0.3) is 5.69 Å². The standard InChI is InChI=1S/C14H18N4O2/c15-11-4-3-5-12(10-11)18-8-6-13(17-18)14(20)16-7-1-2-9-19/h3-6,8,10,19H,1-2,7,9,15H2,(H,16,20). The molecular weight excluding hydrogens is 256 g/mol. The number of amides is 1. The van der Waals surface area contributed by atoms with Crippen molar-refractivity contribution < 1.29 is 9.90 Å². The molecule has 0 saturated heterocycles. The van der Waals surface area contributed by atoms with Crippen LogP contribution in [0.2, 0.25) is 0 Å². The smallest absolute Gasteiger partial charge is 0.271 e. The van der Waals surface area contributed by atoms with E-state index in [4.69, 9.17) is 10.8 Å². The molecule has 1 amide bonds. The topological polar surface area (TPSA) is 93.2 Å². The van der Waals surface area contributed by atoms with Crippen molar-refractivity contribution in [3.63, 3.8) is 0 Å². The lowest BCUT2D eigenvalue weighted by Crippen LogP contribution is -2.25. The molecule has 0 saturated carbocycles. The zero-order chi connectivity index (χ0) is 14.4. The van der Waals surface area contributed by atoms with Crippen LogP contribution in [0.5, 0.6) is 0 Å². The number of carbonyl (C=O) groups is 1. The molecule has 2 aromatic rings. The molecule has 2 rings (SSSR count). The number of carbonyl (C=O) groups excluding carboxylic acids is 1. The van der Waals surface area contributed by atoms with E-state index in [0.29, 0.717) is 24.3 Å². The van der Waals surface area contributed by atoms with E-state index in [0.717, 1.165) is 12.1 Å². The molecule has 0 aliphatic rings. The first kappa shape index (κ1) is 14.1. The third-order valence-corrected chi connectivity index (χ3v) is 2.83. The monoisotopic (exact) mass is 274 g/mol. The van der Waals surface area contributed by atoms with Crippen LogP contribution >= 0.6 is 0 Å². The van der Waals surface area contributed by atoms with Gasteiger partial charge < -0.3 is 16.2 Å². The maximum atomic E-state index is 11.8. The highest BCUT2D eigenvalue weighted by molar-refractivity contribution is 5.92. The highest BCUT2D eigenvalue weighted by Crippen LogP contribution is 2.11. The van der Waals surface area contributed by atoms with Crippen LogP contribution in [0.3, 0.4) is 0 Å². The Morgan fingerprint density at radius 1 is 1.35 bits per heavy atom. The summed E-state index contributed by atoms with van der Waals surface area (Å²) in [6.45, 7) is 0.671. The SMILES string of the molecule is Nc1cccc(-n2ccc(C(=O)NCCCCO)n2)c1. The van der Waals surface area contributed by atoms with Gasteiger partial charge in [0.2, 0.25) is 0 Å². The van der Waals surface area contributed by atoms with Gasteiger partial charge in [0, 0.05) is 25.0 Å². The number of nitrogens with two attached hydrogens (primary N) is 1. The molecule has 20 heavy (non-hydrogen) atoms. The van der Waals surface area contributed by atoms with Crippen molar-refractivity contribution in [3.05, 3.63) is 42.2 Å². The van der Waals surface area contributed by atoms with Crippen LogP contribution in [-0.2, 0) is 0 Å². The summed E-state index contributed by atoms with van der Waals surface area (Å²) in [6.07, 6.45) is 3.15. The van der Waals surface area contributed by atoms with Crippen molar-refractivity contribution in [1.29, 1.82) is 0 Å². The van der Waals surface area contributed by atoms with E-state index >= 15 is 0 Å². The zero-order valence-electron chi connectivity index (χ0n) is 11.1. The molecule has 0 bridgehead atoms. The number of nitrogens with one attached hydrogen (secondary N) is 1. The third-order valence-electron chi connectivity index (χ3n) is 2.83. The Morgan fingerprint density at radius 2 is 2.20 bits per heavy atom. The van der Waals surface area contributed by atoms with Gasteiger partial charge in [-0.15, -0.1) is 0 Å². The molecule has 1 aromatic carbocycles. The third kappa shape index (κ3) is 3.58. The van der Waals surface area contributed by atoms with Crippen LogP contribution in [0.1, 0.15) is 23.3 Å². The van der Waals surface area contributed by atoms with Crippen molar-refractivity contribution in [2.75, 3.05) is 18.9 Å². The number of anilines is 1. The van der Waals surface area contributed by atoms with Crippen LogP contribution in [-0.4, -0.2) is 33.9 Å². The zero-order valence-corrected chi connectivity index (χ0v) is 11.1. The molecule has 6 nitrogen and oxygen atoms in total. The van der Waals surface area contributed by atoms with Crippen LogP contribution in [0.15, 0.2) is 36.5 Å². The van der Waals surface area contributed by atoms with Crippen molar-refractivity contribution in [2.45, 2.75) is 12.8 Å². The summed E-state index contributed by atoms with van der Waals surface area (Å²) in [7, 11) is 0. The quantitative estimate of drug-likeness (QED) is 0.540. The summed E-state index contributed by atoms with van der Waals surface area (Å²) < 4.78 is 1.61. The minimum Gasteiger partial charge on any atom is -0.399 e. The molecule has 0 aliphatic heterocycles. The predicted octanol–water partition coefficient (Wildman–Crippen LogP) is 0.957. The van der Waals surface area contributed by atoms with Crippen molar-refractivity contribution in [2.24, 2.45) is 0 Å². The highest BCUT2D eigenvalue weighted by Gasteiger charge is 2.09. The average molecular weight is 274 g/mol. The Hall–Kier alpha value is -2.34. The maximum absolute atomic E-state index is 11.8. The molecule has 0 atom stereocenters. The Balaban J connectivity index is 2.00. The van der Waals surface area contributed by atoms with Crippen LogP contribution < -0.4 is 11.1 Å². The van der Waals surface area contributed by atoms with E-state index in [1.165, 1.54) is 0 Å². The maximum Gasteiger partial charge on any atom is 0.271 e. The molecule has 6 heteroatoms. The predicted molar refractivity (Wildman–Crippen MR) is 76.6 cm³/mol. The van der Waals surface area contributed by atoms with Gasteiger partial charge in [-0.25, -0.2) is 4.68 Å². The normalized spacial score (nSPS) is 10.4. The fraction of sp³-hybridized carbons (Fsp3) is 0.286. The van der Waals surface area contributed by atoms with Crippen molar-refractivity contribution in [1.82, 2.24) is 15.1 Å². The molecule has 106 valence electrons. The van der Waals surface area contributed by atoms with E-state index in [-0.39, 0.29) is 12.5 Å². The Morgan fingerprint density at radius 3 is 2.95 bits per heavy atom. The molecule has 0 radical (unpaired) electrons. The molecular formula is C14H18N4O2. The summed E-state index contributed by atoms with van der Waals surface area (Å²) in [4.78, 5) is 11.8. The first-order valence-corrected chi connectivity index (χ1v) is 6.51. The minimum absolute atomic E-state index is 0.139. The second kappa shape index (κ2) is 6.72. The van der Waals surface area contributed by atoms with Gasteiger partial charge in [0.25, 0.3) is 5.91 Å². The summed E-state index contributed by atoms with van der Waals surface area (Å²) >= 11 is 0. The number of nitrogens with zero attached hydrogens (tertiary/aromatic N) is 2. The second-order valence-electron chi connectivity index (χ2n) is 4.43. The van der Waals surface area contributed by atoms with Gasteiger partial charge in [-0.3, -0.25) is 4.79 Å². The summed E-state index contributed by atoms with van der Waals surface area (Å²) in [5, 5.41) is 15.6. The molecule has 0 spiro atoms. The Bertz CT molecular complexity index is 580. The average Bonchev–Trinajstić information content (AvgIpc) is 2.93. The van der Waals surface area contributed by atoms with E-state index < -0.39 is 0 Å². The molecule has 1 aromatic heterocycles. The van der Waals surface area contributed by atoms with Crippen molar-refractivity contribution in [3.8, 4) is 5.69 Å². The van der Waals surface area contributed by atoms with Gasteiger partial charge in [-0.05, 0) is 37.1 Å². The van der Waals surface area contributed by atoms with Crippen LogP contribution in [0, 0.1) is 0 Å². The lowest BCUT2D eigenvalue weighted by molar-refractivity contribution is 0.0946. The Kier molecular flexibility index (Phi) is 4.73. The highest BCUT2D eigenvalue weighted by atomic mass is 16.2. The molecule has 4 N–H and O–H groups in total. The van der Waals surface area contributed by atoms with Gasteiger partial charge in [0.15, 0.2) is 5.69 Å². The Labute approximate surface area is 117 Å². The number of rotatable bonds is 6. The number of aliphatic hydroxyl groups excluding tert-OH is 1. The number of hydrogen-bond acceptors (Lipinski definition) is 4. The molecule has 0 unspecified atom stereocenters. The van der Waals surface area contributed by atoms with Gasteiger partial charge in [-0.2, -0.15) is 5.10 Å². The number of aromatic nitrogens is 2. The fourth-order valence-corrected chi connectivity index (χ4v) is 1.79. The van der Waals surface area contributed by atoms with Crippen molar-refractivity contribution >= 4 is 11.6 Å². The minimum atomic E-state index is -0.217. The van der Waals surface area contributed by atoms with E-state index in [9.17, 15) is 4.79 Å². The van der Waals surface area contributed by atoms with Gasteiger partial charge in [-0.1, -0.05) is 6.07 Å². The summed E-state index contributed by atoms with van der Waals surface area (Å²) in [6, 6.07) is 8.94. The number of aliphatic hydroxyl groups is 1. The lowest BCUT2D eigenvalue weighted by Gasteiger charge is -2.03. The fourth-order valence-electron chi connectivity index (χ4n) is 1.79. The second-order valence-corrected chi connectivity index (χ2v) is 4.43. The largest absolute Gasteiger partial charge is 0.399 e. The van der Waals surface area contributed by atoms with Gasteiger partial charge in [0.1, 0.15) is 0 Å². The van der Waals surface area contributed by atoms with Gasteiger partial charge in [0.05, 0.1) is 5.69 Å². The number of nitrogen functional groups attached to an aromatic ring is 1. The number of benzene rings is 1. The number of hydrogen-bond donors (Lipinski definition) is 3. The number of unbranched alkanes of at least 4 members (excludes halogenated alkanes) is 1. The molecule has 0 fully saturated rings. The first-order valence-electron chi connectivity index (χ1n) is 6.51. The van der Waals surface area contributed by atoms with E-state index in [2.05, 4.69) is 10.4 Å². The summed E-state index contributed by atoms with van der Waals surface area (Å²) in [5.74, 6) is -0.217. The lowest BCUT2D eigenvalue weighted by atomic mass is 10.3.